The summed E-state index contributed by atoms with van der Waals surface area (Å²) in [6, 6.07) is 13.8. The van der Waals surface area contributed by atoms with E-state index in [0.717, 1.165) is 13.0 Å². The lowest BCUT2D eigenvalue weighted by atomic mass is 9.98. The van der Waals surface area contributed by atoms with Crippen LogP contribution in [0.4, 0.5) is 4.39 Å². The fourth-order valence-corrected chi connectivity index (χ4v) is 2.94. The van der Waals surface area contributed by atoms with E-state index in [9.17, 15) is 4.39 Å². The van der Waals surface area contributed by atoms with Crippen LogP contribution in [-0.2, 0) is 12.8 Å². The highest BCUT2D eigenvalue weighted by molar-refractivity contribution is 14.1. The first kappa shape index (κ1) is 16.7. The summed E-state index contributed by atoms with van der Waals surface area (Å²) in [5.41, 5.74) is 1.92. The van der Waals surface area contributed by atoms with Crippen molar-refractivity contribution in [3.63, 3.8) is 0 Å². The Morgan fingerprint density at radius 1 is 1.14 bits per heavy atom. The molecule has 0 saturated carbocycles. The molecular formula is C17H18ClFIN. The molecule has 1 atom stereocenters. The summed E-state index contributed by atoms with van der Waals surface area (Å²) < 4.78 is 15.3. The van der Waals surface area contributed by atoms with Crippen molar-refractivity contribution >= 4 is 34.2 Å². The largest absolute Gasteiger partial charge is 0.314 e. The molecule has 0 spiro atoms. The van der Waals surface area contributed by atoms with E-state index in [1.54, 1.807) is 18.2 Å². The van der Waals surface area contributed by atoms with Crippen molar-refractivity contribution in [3.05, 3.63) is 68.0 Å². The third-order valence-electron chi connectivity index (χ3n) is 3.39. The van der Waals surface area contributed by atoms with Crippen LogP contribution in [0.3, 0.4) is 0 Å². The van der Waals surface area contributed by atoms with Gasteiger partial charge in [0, 0.05) is 9.61 Å². The van der Waals surface area contributed by atoms with Gasteiger partial charge in [0.15, 0.2) is 0 Å². The number of benzene rings is 2. The van der Waals surface area contributed by atoms with Gasteiger partial charge in [-0.1, -0.05) is 42.8 Å². The number of halogens is 3. The molecule has 0 aliphatic carbocycles. The number of hydrogen-bond donors (Lipinski definition) is 1. The summed E-state index contributed by atoms with van der Waals surface area (Å²) in [6.07, 6.45) is 1.50. The molecule has 1 nitrogen and oxygen atoms in total. The molecule has 2 aromatic rings. The highest BCUT2D eigenvalue weighted by Gasteiger charge is 2.14. The molecule has 1 unspecified atom stereocenters. The van der Waals surface area contributed by atoms with E-state index in [1.807, 2.05) is 0 Å². The average Bonchev–Trinajstić information content (AvgIpc) is 2.46. The maximum Gasteiger partial charge on any atom is 0.145 e. The number of rotatable bonds is 6. The molecule has 0 saturated heterocycles. The van der Waals surface area contributed by atoms with E-state index in [1.165, 1.54) is 9.13 Å². The van der Waals surface area contributed by atoms with Crippen LogP contribution in [0.2, 0.25) is 5.02 Å². The number of nitrogens with one attached hydrogen (secondary N) is 1. The van der Waals surface area contributed by atoms with Crippen molar-refractivity contribution in [1.82, 2.24) is 5.32 Å². The van der Waals surface area contributed by atoms with Gasteiger partial charge in [0.05, 0.1) is 5.02 Å². The lowest BCUT2D eigenvalue weighted by Gasteiger charge is -2.19. The van der Waals surface area contributed by atoms with E-state index < -0.39 is 0 Å². The summed E-state index contributed by atoms with van der Waals surface area (Å²) >= 11 is 8.15. The quantitative estimate of drug-likeness (QED) is 0.663. The van der Waals surface area contributed by atoms with Crippen LogP contribution in [-0.4, -0.2) is 12.6 Å². The predicted molar refractivity (Wildman–Crippen MR) is 95.4 cm³/mol. The van der Waals surface area contributed by atoms with Gasteiger partial charge in [0.25, 0.3) is 0 Å². The van der Waals surface area contributed by atoms with E-state index in [4.69, 9.17) is 11.6 Å². The highest BCUT2D eigenvalue weighted by atomic mass is 127. The van der Waals surface area contributed by atoms with Gasteiger partial charge < -0.3 is 5.32 Å². The van der Waals surface area contributed by atoms with Crippen molar-refractivity contribution in [3.8, 4) is 0 Å². The summed E-state index contributed by atoms with van der Waals surface area (Å²) in [6.45, 7) is 2.92. The average molecular weight is 418 g/mol. The second kappa shape index (κ2) is 8.11. The first-order valence-electron chi connectivity index (χ1n) is 7.01. The molecule has 0 radical (unpaired) electrons. The van der Waals surface area contributed by atoms with E-state index in [0.29, 0.717) is 12.0 Å². The molecule has 4 heteroatoms. The van der Waals surface area contributed by atoms with Crippen LogP contribution in [0.25, 0.3) is 0 Å². The third-order valence-corrected chi connectivity index (χ3v) is 4.40. The first-order chi connectivity index (χ1) is 10.1. The minimum Gasteiger partial charge on any atom is -0.314 e. The minimum atomic E-state index is -0.301. The smallest absolute Gasteiger partial charge is 0.145 e. The Morgan fingerprint density at radius 3 is 2.52 bits per heavy atom. The molecule has 2 rings (SSSR count). The first-order valence-corrected chi connectivity index (χ1v) is 8.46. The molecule has 112 valence electrons. The van der Waals surface area contributed by atoms with Gasteiger partial charge >= 0.3 is 0 Å². The zero-order valence-corrected chi connectivity index (χ0v) is 14.8. The topological polar surface area (TPSA) is 12.0 Å². The van der Waals surface area contributed by atoms with Crippen LogP contribution in [0.5, 0.6) is 0 Å². The normalized spacial score (nSPS) is 12.4. The third kappa shape index (κ3) is 4.94. The standard InChI is InChI=1S/C17H18ClFIN/c1-2-21-15(10-12-6-8-14(20)9-7-12)11-13-4-3-5-16(18)17(13)19/h3-9,15,21H,2,10-11H2,1H3. The Balaban J connectivity index is 2.11. The van der Waals surface area contributed by atoms with Crippen molar-refractivity contribution in [2.24, 2.45) is 0 Å². The molecule has 0 fully saturated rings. The molecule has 0 aromatic heterocycles. The molecule has 0 amide bonds. The lowest BCUT2D eigenvalue weighted by Crippen LogP contribution is -2.33. The Bertz CT molecular complexity index is 586. The predicted octanol–water partition coefficient (Wildman–Crippen LogP) is 4.85. The van der Waals surface area contributed by atoms with Crippen molar-refractivity contribution in [1.29, 1.82) is 0 Å². The summed E-state index contributed by atoms with van der Waals surface area (Å²) in [7, 11) is 0. The monoisotopic (exact) mass is 417 g/mol. The zero-order chi connectivity index (χ0) is 15.2. The molecular weight excluding hydrogens is 400 g/mol. The second-order valence-electron chi connectivity index (χ2n) is 5.00. The van der Waals surface area contributed by atoms with Crippen molar-refractivity contribution in [2.45, 2.75) is 25.8 Å². The van der Waals surface area contributed by atoms with Crippen LogP contribution in [0, 0.1) is 9.39 Å². The maximum absolute atomic E-state index is 14.0. The van der Waals surface area contributed by atoms with Gasteiger partial charge in [-0.05, 0) is 71.3 Å². The number of likely N-dealkylation sites (N-methyl/N-ethyl adjacent to an activating group) is 1. The minimum absolute atomic E-state index is 0.192. The number of hydrogen-bond acceptors (Lipinski definition) is 1. The molecule has 0 bridgehead atoms. The summed E-state index contributed by atoms with van der Waals surface area (Å²) in [5.74, 6) is -0.301. The van der Waals surface area contributed by atoms with Crippen LogP contribution < -0.4 is 5.32 Å². The van der Waals surface area contributed by atoms with Crippen molar-refractivity contribution < 1.29 is 4.39 Å². The van der Waals surface area contributed by atoms with E-state index in [2.05, 4.69) is 59.1 Å². The summed E-state index contributed by atoms with van der Waals surface area (Å²) in [5, 5.41) is 3.62. The van der Waals surface area contributed by atoms with Gasteiger partial charge in [0.1, 0.15) is 5.82 Å². The molecule has 0 aliphatic rings. The Labute approximate surface area is 144 Å². The van der Waals surface area contributed by atoms with Gasteiger partial charge in [-0.3, -0.25) is 0 Å². The van der Waals surface area contributed by atoms with Crippen molar-refractivity contribution in [2.75, 3.05) is 6.54 Å². The van der Waals surface area contributed by atoms with Gasteiger partial charge in [-0.15, -0.1) is 0 Å². The molecule has 0 heterocycles. The van der Waals surface area contributed by atoms with Crippen LogP contribution in [0.15, 0.2) is 42.5 Å². The van der Waals surface area contributed by atoms with Gasteiger partial charge in [-0.2, -0.15) is 0 Å². The summed E-state index contributed by atoms with van der Waals surface area (Å²) in [4.78, 5) is 0. The lowest BCUT2D eigenvalue weighted by molar-refractivity contribution is 0.506. The SMILES string of the molecule is CCNC(Cc1ccc(I)cc1)Cc1cccc(Cl)c1F. The Kier molecular flexibility index (Phi) is 6.45. The Morgan fingerprint density at radius 2 is 1.86 bits per heavy atom. The van der Waals surface area contributed by atoms with Gasteiger partial charge in [0.2, 0.25) is 0 Å². The van der Waals surface area contributed by atoms with Gasteiger partial charge in [-0.25, -0.2) is 4.39 Å². The van der Waals surface area contributed by atoms with E-state index in [-0.39, 0.29) is 16.9 Å². The second-order valence-corrected chi connectivity index (χ2v) is 6.66. The molecule has 0 aliphatic heterocycles. The molecule has 1 N–H and O–H groups in total. The maximum atomic E-state index is 14.0. The molecule has 2 aromatic carbocycles. The molecule has 21 heavy (non-hydrogen) atoms. The van der Waals surface area contributed by atoms with Crippen LogP contribution >= 0.6 is 34.2 Å². The highest BCUT2D eigenvalue weighted by Crippen LogP contribution is 2.20. The van der Waals surface area contributed by atoms with Crippen LogP contribution in [0.1, 0.15) is 18.1 Å². The Hall–Kier alpha value is -0.650. The fourth-order valence-electron chi connectivity index (χ4n) is 2.38. The van der Waals surface area contributed by atoms with E-state index >= 15 is 0 Å². The zero-order valence-electron chi connectivity index (χ0n) is 11.9. The fraction of sp³-hybridized carbons (Fsp3) is 0.294.